The number of carbonyl (C=O) groups is 1. The van der Waals surface area contributed by atoms with E-state index in [0.717, 1.165) is 12.0 Å². The number of sulfonamides is 1. The van der Waals surface area contributed by atoms with Gasteiger partial charge >= 0.3 is 0 Å². The molecule has 0 radical (unpaired) electrons. The molecule has 0 saturated heterocycles. The highest BCUT2D eigenvalue weighted by molar-refractivity contribution is 7.89. The lowest BCUT2D eigenvalue weighted by Gasteiger charge is -2.42. The summed E-state index contributed by atoms with van der Waals surface area (Å²) in [5, 5.41) is 2.80. The zero-order chi connectivity index (χ0) is 23.8. The first-order valence-corrected chi connectivity index (χ1v) is 13.0. The molecular weight excluding hydrogens is 432 g/mol. The molecule has 1 atom stereocenters. The molecule has 0 fully saturated rings. The second-order valence-corrected chi connectivity index (χ2v) is 10.7. The Kier molecular flexibility index (Phi) is 9.79. The van der Waals surface area contributed by atoms with Gasteiger partial charge in [-0.3, -0.25) is 4.79 Å². The SMILES string of the molecule is CCCN(C1CC(C)(C)Oc2ccc(OCC(=O)NCCCOCC)cc21)S(=O)(=O)CC. The third-order valence-electron chi connectivity index (χ3n) is 5.29. The van der Waals surface area contributed by atoms with Crippen LogP contribution in [0.15, 0.2) is 18.2 Å². The molecule has 1 aromatic rings. The quantitative estimate of drug-likeness (QED) is 0.445. The molecule has 1 aliphatic rings. The summed E-state index contributed by atoms with van der Waals surface area (Å²) in [6, 6.07) is 4.99. The van der Waals surface area contributed by atoms with Crippen molar-refractivity contribution in [1.29, 1.82) is 0 Å². The Bertz CT molecular complexity index is 856. The Morgan fingerprint density at radius 2 is 2.03 bits per heavy atom. The molecular formula is C23H38N2O6S. The Labute approximate surface area is 192 Å². The molecule has 0 aromatic heterocycles. The fourth-order valence-electron chi connectivity index (χ4n) is 3.76. The number of ether oxygens (including phenoxy) is 3. The molecule has 1 amide bonds. The minimum atomic E-state index is -3.41. The monoisotopic (exact) mass is 470 g/mol. The average molecular weight is 471 g/mol. The molecule has 0 aliphatic carbocycles. The Morgan fingerprint density at radius 1 is 1.28 bits per heavy atom. The van der Waals surface area contributed by atoms with Gasteiger partial charge in [0.2, 0.25) is 10.0 Å². The molecule has 32 heavy (non-hydrogen) atoms. The first-order valence-electron chi connectivity index (χ1n) is 11.4. The summed E-state index contributed by atoms with van der Waals surface area (Å²) >= 11 is 0. The fourth-order valence-corrected chi connectivity index (χ4v) is 5.13. The summed E-state index contributed by atoms with van der Waals surface area (Å²) in [7, 11) is -3.41. The highest BCUT2D eigenvalue weighted by atomic mass is 32.2. The molecule has 1 unspecified atom stereocenters. The normalized spacial score (nSPS) is 17.5. The lowest BCUT2D eigenvalue weighted by molar-refractivity contribution is -0.123. The number of amides is 1. The van der Waals surface area contributed by atoms with Gasteiger partial charge in [-0.25, -0.2) is 8.42 Å². The van der Waals surface area contributed by atoms with Crippen LogP contribution in [-0.4, -0.2) is 62.9 Å². The van der Waals surface area contributed by atoms with Crippen LogP contribution in [0.2, 0.25) is 0 Å². The first-order chi connectivity index (χ1) is 15.1. The van der Waals surface area contributed by atoms with Crippen LogP contribution in [0.3, 0.4) is 0 Å². The summed E-state index contributed by atoms with van der Waals surface area (Å²) < 4.78 is 44.4. The lowest BCUT2D eigenvalue weighted by Crippen LogP contribution is -2.44. The maximum absolute atomic E-state index is 12.9. The average Bonchev–Trinajstić information content (AvgIpc) is 2.74. The summed E-state index contributed by atoms with van der Waals surface area (Å²) in [5.41, 5.74) is 0.265. The lowest BCUT2D eigenvalue weighted by atomic mass is 9.89. The van der Waals surface area contributed by atoms with E-state index in [4.69, 9.17) is 14.2 Å². The van der Waals surface area contributed by atoms with Crippen LogP contribution in [0.25, 0.3) is 0 Å². The topological polar surface area (TPSA) is 94.2 Å². The van der Waals surface area contributed by atoms with Crippen molar-refractivity contribution in [2.45, 2.75) is 65.5 Å². The van der Waals surface area contributed by atoms with E-state index in [0.29, 0.717) is 50.6 Å². The number of hydrogen-bond donors (Lipinski definition) is 1. The van der Waals surface area contributed by atoms with Crippen molar-refractivity contribution in [2.24, 2.45) is 0 Å². The number of rotatable bonds is 13. The second kappa shape index (κ2) is 11.9. The van der Waals surface area contributed by atoms with E-state index in [1.165, 1.54) is 0 Å². The van der Waals surface area contributed by atoms with Gasteiger partial charge in [0.1, 0.15) is 17.1 Å². The fraction of sp³-hybridized carbons (Fsp3) is 0.696. The molecule has 1 N–H and O–H groups in total. The van der Waals surface area contributed by atoms with E-state index in [9.17, 15) is 13.2 Å². The van der Waals surface area contributed by atoms with Crippen molar-refractivity contribution in [1.82, 2.24) is 9.62 Å². The van der Waals surface area contributed by atoms with E-state index < -0.39 is 15.6 Å². The highest BCUT2D eigenvalue weighted by Crippen LogP contribution is 2.45. The van der Waals surface area contributed by atoms with Gasteiger partial charge in [-0.2, -0.15) is 4.31 Å². The molecule has 182 valence electrons. The number of hydrogen-bond acceptors (Lipinski definition) is 6. The number of carbonyl (C=O) groups excluding carboxylic acids is 1. The van der Waals surface area contributed by atoms with E-state index in [2.05, 4.69) is 5.32 Å². The second-order valence-electron chi connectivity index (χ2n) is 8.48. The van der Waals surface area contributed by atoms with Crippen molar-refractivity contribution in [3.8, 4) is 11.5 Å². The largest absolute Gasteiger partial charge is 0.487 e. The van der Waals surface area contributed by atoms with Gasteiger partial charge in [0.15, 0.2) is 6.61 Å². The van der Waals surface area contributed by atoms with E-state index in [1.807, 2.05) is 27.7 Å². The van der Waals surface area contributed by atoms with Crippen LogP contribution in [-0.2, 0) is 19.6 Å². The molecule has 9 heteroatoms. The van der Waals surface area contributed by atoms with Crippen LogP contribution in [0, 0.1) is 0 Å². The third kappa shape index (κ3) is 7.35. The molecule has 1 aliphatic heterocycles. The standard InChI is InChI=1S/C23H38N2O6S/c1-6-13-25(32(27,28)8-3)20-16-23(4,5)31-21-11-10-18(15-19(20)21)30-17-22(26)24-12-9-14-29-7-2/h10-11,15,20H,6-9,12-14,16-17H2,1-5H3,(H,24,26). The van der Waals surface area contributed by atoms with E-state index in [-0.39, 0.29) is 24.3 Å². The molecule has 1 aromatic carbocycles. The smallest absolute Gasteiger partial charge is 0.257 e. The van der Waals surface area contributed by atoms with Crippen LogP contribution in [0.5, 0.6) is 11.5 Å². The van der Waals surface area contributed by atoms with Crippen molar-refractivity contribution in [3.63, 3.8) is 0 Å². The summed E-state index contributed by atoms with van der Waals surface area (Å²) in [5.74, 6) is 0.979. The Balaban J connectivity index is 2.16. The van der Waals surface area contributed by atoms with Gasteiger partial charge < -0.3 is 19.5 Å². The number of nitrogens with one attached hydrogen (secondary N) is 1. The highest BCUT2D eigenvalue weighted by Gasteiger charge is 2.40. The van der Waals surface area contributed by atoms with Gasteiger partial charge in [-0.15, -0.1) is 0 Å². The number of fused-ring (bicyclic) bond motifs is 1. The molecule has 1 heterocycles. The van der Waals surface area contributed by atoms with Gasteiger partial charge in [0.25, 0.3) is 5.91 Å². The number of nitrogens with zero attached hydrogens (tertiary/aromatic N) is 1. The Morgan fingerprint density at radius 3 is 2.69 bits per heavy atom. The van der Waals surface area contributed by atoms with Crippen LogP contribution >= 0.6 is 0 Å². The van der Waals surface area contributed by atoms with Crippen LogP contribution in [0.4, 0.5) is 0 Å². The third-order valence-corrected chi connectivity index (χ3v) is 7.17. The van der Waals surface area contributed by atoms with Crippen LogP contribution < -0.4 is 14.8 Å². The first kappa shape index (κ1) is 26.4. The molecule has 8 nitrogen and oxygen atoms in total. The summed E-state index contributed by atoms with van der Waals surface area (Å²) in [6.45, 7) is 11.6. The molecule has 0 spiro atoms. The van der Waals surface area contributed by atoms with Gasteiger partial charge in [-0.1, -0.05) is 6.92 Å². The summed E-state index contributed by atoms with van der Waals surface area (Å²) in [4.78, 5) is 12.1. The maximum Gasteiger partial charge on any atom is 0.257 e. The molecule has 0 bridgehead atoms. The van der Waals surface area contributed by atoms with Gasteiger partial charge in [0, 0.05) is 38.3 Å². The number of benzene rings is 1. The molecule has 2 rings (SSSR count). The zero-order valence-corrected chi connectivity index (χ0v) is 20.8. The van der Waals surface area contributed by atoms with E-state index >= 15 is 0 Å². The van der Waals surface area contributed by atoms with Crippen molar-refractivity contribution < 1.29 is 27.4 Å². The van der Waals surface area contributed by atoms with Crippen molar-refractivity contribution in [2.75, 3.05) is 38.7 Å². The summed E-state index contributed by atoms with van der Waals surface area (Å²) in [6.07, 6.45) is 1.99. The van der Waals surface area contributed by atoms with Gasteiger partial charge in [0.05, 0.1) is 11.8 Å². The van der Waals surface area contributed by atoms with Crippen LogP contribution in [0.1, 0.15) is 65.5 Å². The predicted octanol–water partition coefficient (Wildman–Crippen LogP) is 3.27. The van der Waals surface area contributed by atoms with E-state index in [1.54, 1.807) is 29.4 Å². The van der Waals surface area contributed by atoms with Crippen molar-refractivity contribution in [3.05, 3.63) is 23.8 Å². The minimum absolute atomic E-state index is 0.0414. The van der Waals surface area contributed by atoms with Gasteiger partial charge in [-0.05, 0) is 58.7 Å². The molecule has 0 saturated carbocycles. The predicted molar refractivity (Wildman–Crippen MR) is 125 cm³/mol. The minimum Gasteiger partial charge on any atom is -0.487 e. The maximum atomic E-state index is 12.9. The van der Waals surface area contributed by atoms with Crippen molar-refractivity contribution >= 4 is 15.9 Å². The Hall–Kier alpha value is -1.84. The zero-order valence-electron chi connectivity index (χ0n) is 20.0.